The predicted molar refractivity (Wildman–Crippen MR) is 98.6 cm³/mol. The first kappa shape index (κ1) is 19.2. The predicted octanol–water partition coefficient (Wildman–Crippen LogP) is 3.28. The Morgan fingerprint density at radius 1 is 1.24 bits per heavy atom. The van der Waals surface area contributed by atoms with E-state index in [0.717, 1.165) is 19.4 Å². The molecule has 7 heteroatoms. The number of nitrogens with one attached hydrogen (secondary N) is 2. The van der Waals surface area contributed by atoms with Crippen LogP contribution in [0.5, 0.6) is 0 Å². The zero-order valence-electron chi connectivity index (χ0n) is 14.6. The summed E-state index contributed by atoms with van der Waals surface area (Å²) in [4.78, 5) is 37.2. The highest BCUT2D eigenvalue weighted by atomic mass is 35.5. The molecule has 0 bridgehead atoms. The third-order valence-corrected chi connectivity index (χ3v) is 4.38. The van der Waals surface area contributed by atoms with E-state index in [2.05, 4.69) is 10.6 Å². The molecule has 1 saturated heterocycles. The van der Waals surface area contributed by atoms with Crippen LogP contribution in [0.3, 0.4) is 0 Å². The molecule has 0 atom stereocenters. The van der Waals surface area contributed by atoms with E-state index >= 15 is 0 Å². The van der Waals surface area contributed by atoms with Crippen LogP contribution in [0.1, 0.15) is 39.5 Å². The first-order valence-electron chi connectivity index (χ1n) is 8.55. The fraction of sp³-hybridized carbons (Fsp3) is 0.500. The van der Waals surface area contributed by atoms with Gasteiger partial charge in [-0.15, -0.1) is 0 Å². The molecule has 2 rings (SSSR count). The van der Waals surface area contributed by atoms with Crippen LogP contribution in [0.4, 0.5) is 11.4 Å². The van der Waals surface area contributed by atoms with Crippen molar-refractivity contribution in [3.8, 4) is 0 Å². The number of likely N-dealkylation sites (tertiary alicyclic amines) is 1. The van der Waals surface area contributed by atoms with Crippen molar-refractivity contribution in [1.82, 2.24) is 4.90 Å². The lowest BCUT2D eigenvalue weighted by molar-refractivity contribution is -0.133. The van der Waals surface area contributed by atoms with E-state index in [4.69, 9.17) is 11.6 Å². The number of amides is 3. The minimum absolute atomic E-state index is 0.118. The molecule has 6 nitrogen and oxygen atoms in total. The zero-order valence-corrected chi connectivity index (χ0v) is 15.4. The normalized spacial score (nSPS) is 14.6. The average molecular weight is 366 g/mol. The number of halogens is 1. The number of piperidine rings is 1. The Labute approximate surface area is 152 Å². The summed E-state index contributed by atoms with van der Waals surface area (Å²) in [5.74, 6) is -0.321. The minimum Gasteiger partial charge on any atom is -0.342 e. The molecule has 1 aliphatic rings. The monoisotopic (exact) mass is 365 g/mol. The lowest BCUT2D eigenvalue weighted by Crippen LogP contribution is -2.37. The van der Waals surface area contributed by atoms with E-state index in [0.29, 0.717) is 29.4 Å². The molecule has 1 aromatic rings. The molecule has 0 aliphatic carbocycles. The van der Waals surface area contributed by atoms with Crippen molar-refractivity contribution < 1.29 is 14.4 Å². The van der Waals surface area contributed by atoms with Crippen molar-refractivity contribution in [3.63, 3.8) is 0 Å². The first-order valence-corrected chi connectivity index (χ1v) is 8.92. The van der Waals surface area contributed by atoms with Crippen LogP contribution >= 0.6 is 11.6 Å². The lowest BCUT2D eigenvalue weighted by Gasteiger charge is -2.26. The first-order chi connectivity index (χ1) is 11.9. The minimum atomic E-state index is -0.173. The van der Waals surface area contributed by atoms with Gasteiger partial charge in [-0.2, -0.15) is 0 Å². The summed E-state index contributed by atoms with van der Waals surface area (Å²) in [5.41, 5.74) is 1.07. The number of rotatable bonds is 6. The van der Waals surface area contributed by atoms with E-state index in [9.17, 15) is 14.4 Å². The molecule has 3 amide bonds. The van der Waals surface area contributed by atoms with Gasteiger partial charge in [-0.1, -0.05) is 25.4 Å². The van der Waals surface area contributed by atoms with Gasteiger partial charge in [0.05, 0.1) is 10.7 Å². The second-order valence-electron chi connectivity index (χ2n) is 6.47. The number of anilines is 2. The molecule has 0 aromatic heterocycles. The number of benzene rings is 1. The van der Waals surface area contributed by atoms with Crippen LogP contribution in [0.15, 0.2) is 18.2 Å². The zero-order chi connectivity index (χ0) is 18.4. The average Bonchev–Trinajstić information content (AvgIpc) is 2.56. The van der Waals surface area contributed by atoms with Crippen molar-refractivity contribution in [3.05, 3.63) is 23.2 Å². The molecule has 1 fully saturated rings. The maximum atomic E-state index is 12.1. The van der Waals surface area contributed by atoms with Gasteiger partial charge in [0.25, 0.3) is 0 Å². The summed E-state index contributed by atoms with van der Waals surface area (Å²) in [6.45, 7) is 4.75. The molecule has 0 unspecified atom stereocenters. The van der Waals surface area contributed by atoms with Gasteiger partial charge in [-0.3, -0.25) is 14.4 Å². The Morgan fingerprint density at radius 2 is 2.00 bits per heavy atom. The molecule has 25 heavy (non-hydrogen) atoms. The number of hydrogen-bond donors (Lipinski definition) is 2. The van der Waals surface area contributed by atoms with Crippen molar-refractivity contribution in [2.45, 2.75) is 39.5 Å². The Balaban J connectivity index is 1.87. The van der Waals surface area contributed by atoms with E-state index in [-0.39, 0.29) is 30.1 Å². The summed E-state index contributed by atoms with van der Waals surface area (Å²) >= 11 is 6.16. The van der Waals surface area contributed by atoms with Gasteiger partial charge in [0.1, 0.15) is 0 Å². The highest BCUT2D eigenvalue weighted by Gasteiger charge is 2.18. The molecule has 1 aliphatic heterocycles. The van der Waals surface area contributed by atoms with Gasteiger partial charge in [0.2, 0.25) is 17.7 Å². The second-order valence-corrected chi connectivity index (χ2v) is 6.88. The maximum Gasteiger partial charge on any atom is 0.226 e. The summed E-state index contributed by atoms with van der Waals surface area (Å²) in [6.07, 6.45) is 2.74. The molecule has 2 N–H and O–H groups in total. The summed E-state index contributed by atoms with van der Waals surface area (Å²) in [5, 5.41) is 5.86. The van der Waals surface area contributed by atoms with Crippen LogP contribution in [-0.2, 0) is 14.4 Å². The largest absolute Gasteiger partial charge is 0.342 e. The maximum absolute atomic E-state index is 12.1. The topological polar surface area (TPSA) is 78.5 Å². The standard InChI is InChI=1S/C18H24ClN3O3/c1-12(2)18(25)21-15-7-6-13(11-14(15)19)20-16(23)8-10-22-9-4-3-5-17(22)24/h6-7,11-12H,3-5,8-10H2,1-2H3,(H,20,23)(H,21,25). The van der Waals surface area contributed by atoms with E-state index in [1.165, 1.54) is 0 Å². The number of carbonyl (C=O) groups is 3. The Kier molecular flexibility index (Phi) is 6.82. The molecule has 1 heterocycles. The lowest BCUT2D eigenvalue weighted by atomic mass is 10.1. The van der Waals surface area contributed by atoms with Crippen molar-refractivity contribution in [2.75, 3.05) is 23.7 Å². The number of hydrogen-bond acceptors (Lipinski definition) is 3. The Hall–Kier alpha value is -2.08. The number of nitrogens with zero attached hydrogens (tertiary/aromatic N) is 1. The third-order valence-electron chi connectivity index (χ3n) is 4.07. The van der Waals surface area contributed by atoms with Gasteiger partial charge in [-0.25, -0.2) is 0 Å². The van der Waals surface area contributed by atoms with Crippen LogP contribution in [0.25, 0.3) is 0 Å². The SMILES string of the molecule is CC(C)C(=O)Nc1ccc(NC(=O)CCN2CCCCC2=O)cc1Cl. The van der Waals surface area contributed by atoms with Gasteiger partial charge >= 0.3 is 0 Å². The van der Waals surface area contributed by atoms with Gasteiger partial charge in [-0.05, 0) is 31.0 Å². The second kappa shape index (κ2) is 8.85. The summed E-state index contributed by atoms with van der Waals surface area (Å²) < 4.78 is 0. The molecular weight excluding hydrogens is 342 g/mol. The van der Waals surface area contributed by atoms with Crippen molar-refractivity contribution >= 4 is 40.7 Å². The molecule has 136 valence electrons. The van der Waals surface area contributed by atoms with Gasteiger partial charge in [0.15, 0.2) is 0 Å². The summed E-state index contributed by atoms with van der Waals surface area (Å²) in [6, 6.07) is 4.94. The molecule has 0 saturated carbocycles. The molecular formula is C18H24ClN3O3. The number of carbonyl (C=O) groups excluding carboxylic acids is 3. The van der Waals surface area contributed by atoms with E-state index < -0.39 is 0 Å². The quantitative estimate of drug-likeness (QED) is 0.812. The fourth-order valence-corrected chi connectivity index (χ4v) is 2.76. The fourth-order valence-electron chi connectivity index (χ4n) is 2.53. The highest BCUT2D eigenvalue weighted by molar-refractivity contribution is 6.34. The Bertz CT molecular complexity index is 661. The van der Waals surface area contributed by atoms with Crippen LogP contribution < -0.4 is 10.6 Å². The molecule has 0 radical (unpaired) electrons. The Morgan fingerprint density at radius 3 is 2.64 bits per heavy atom. The third kappa shape index (κ3) is 5.74. The van der Waals surface area contributed by atoms with E-state index in [1.807, 2.05) is 0 Å². The molecule has 0 spiro atoms. The molecule has 1 aromatic carbocycles. The van der Waals surface area contributed by atoms with Gasteiger partial charge in [0, 0.05) is 37.5 Å². The van der Waals surface area contributed by atoms with Crippen molar-refractivity contribution in [1.29, 1.82) is 0 Å². The highest BCUT2D eigenvalue weighted by Crippen LogP contribution is 2.26. The van der Waals surface area contributed by atoms with Crippen molar-refractivity contribution in [2.24, 2.45) is 5.92 Å². The van der Waals surface area contributed by atoms with E-state index in [1.54, 1.807) is 36.9 Å². The smallest absolute Gasteiger partial charge is 0.226 e. The van der Waals surface area contributed by atoms with Crippen LogP contribution in [0.2, 0.25) is 5.02 Å². The van der Waals surface area contributed by atoms with Crippen LogP contribution in [-0.4, -0.2) is 35.7 Å². The van der Waals surface area contributed by atoms with Crippen LogP contribution in [0, 0.1) is 5.92 Å². The summed E-state index contributed by atoms with van der Waals surface area (Å²) in [7, 11) is 0. The van der Waals surface area contributed by atoms with Gasteiger partial charge < -0.3 is 15.5 Å².